The second kappa shape index (κ2) is 7.15. The molecule has 0 radical (unpaired) electrons. The monoisotopic (exact) mass is 309 g/mol. The summed E-state index contributed by atoms with van der Waals surface area (Å²) in [7, 11) is 1.91. The Morgan fingerprint density at radius 3 is 2.91 bits per heavy atom. The fourth-order valence-corrected chi connectivity index (χ4v) is 2.72. The molecule has 0 bridgehead atoms. The first kappa shape index (κ1) is 16.1. The van der Waals surface area contributed by atoms with Crippen LogP contribution >= 0.6 is 0 Å². The highest BCUT2D eigenvalue weighted by Crippen LogP contribution is 2.20. The Morgan fingerprint density at radius 2 is 2.27 bits per heavy atom. The third kappa shape index (κ3) is 4.37. The van der Waals surface area contributed by atoms with Crippen LogP contribution < -0.4 is 15.5 Å². The maximum absolute atomic E-state index is 11.8. The zero-order chi connectivity index (χ0) is 16.1. The lowest BCUT2D eigenvalue weighted by molar-refractivity contribution is -0.136. The van der Waals surface area contributed by atoms with Crippen LogP contribution in [0.3, 0.4) is 0 Å². The van der Waals surface area contributed by atoms with Crippen LogP contribution in [0.25, 0.3) is 0 Å². The van der Waals surface area contributed by atoms with Crippen molar-refractivity contribution in [3.05, 3.63) is 11.8 Å². The van der Waals surface area contributed by atoms with E-state index >= 15 is 0 Å². The summed E-state index contributed by atoms with van der Waals surface area (Å²) in [5.41, 5.74) is 0.971. The molecule has 22 heavy (non-hydrogen) atoms. The van der Waals surface area contributed by atoms with Crippen LogP contribution in [-0.4, -0.2) is 52.6 Å². The van der Waals surface area contributed by atoms with Gasteiger partial charge in [-0.05, 0) is 19.8 Å². The van der Waals surface area contributed by atoms with E-state index in [0.29, 0.717) is 0 Å². The number of piperidine rings is 1. The first-order valence-corrected chi connectivity index (χ1v) is 7.47. The van der Waals surface area contributed by atoms with Crippen LogP contribution in [0.1, 0.15) is 25.0 Å². The Morgan fingerprint density at radius 1 is 1.50 bits per heavy atom. The third-order valence-corrected chi connectivity index (χ3v) is 3.68. The van der Waals surface area contributed by atoms with E-state index in [4.69, 9.17) is 5.11 Å². The zero-order valence-corrected chi connectivity index (χ0v) is 13.0. The number of amides is 2. The predicted octanol–water partition coefficient (Wildman–Crippen LogP) is 0.471. The molecule has 0 spiro atoms. The molecule has 1 aliphatic heterocycles. The van der Waals surface area contributed by atoms with E-state index in [1.165, 1.54) is 0 Å². The van der Waals surface area contributed by atoms with Gasteiger partial charge in [0.15, 0.2) is 0 Å². The number of nitrogens with one attached hydrogen (secondary N) is 2. The van der Waals surface area contributed by atoms with Gasteiger partial charge in [-0.25, -0.2) is 4.79 Å². The van der Waals surface area contributed by atoms with Gasteiger partial charge in [0, 0.05) is 38.8 Å². The number of anilines is 1. The van der Waals surface area contributed by atoms with E-state index in [1.807, 2.05) is 24.7 Å². The molecule has 1 fully saturated rings. The van der Waals surface area contributed by atoms with E-state index in [9.17, 15) is 9.59 Å². The van der Waals surface area contributed by atoms with Crippen molar-refractivity contribution in [1.29, 1.82) is 0 Å². The standard InChI is InChI=1S/C14H23N5O3/c1-10-8-12(18(2)17-10)19-7-3-4-11(9-19)16-14(22)15-6-5-13(20)21/h8,11H,3-7,9H2,1-2H3,(H,20,21)(H2,15,16,22). The molecule has 1 atom stereocenters. The van der Waals surface area contributed by atoms with Gasteiger partial charge in [-0.15, -0.1) is 0 Å². The first-order chi connectivity index (χ1) is 10.5. The highest BCUT2D eigenvalue weighted by Gasteiger charge is 2.23. The van der Waals surface area contributed by atoms with Crippen molar-refractivity contribution in [2.24, 2.45) is 7.05 Å². The third-order valence-electron chi connectivity index (χ3n) is 3.68. The minimum atomic E-state index is -0.921. The number of urea groups is 1. The van der Waals surface area contributed by atoms with Crippen molar-refractivity contribution in [2.75, 3.05) is 24.5 Å². The average Bonchev–Trinajstić information content (AvgIpc) is 2.77. The summed E-state index contributed by atoms with van der Waals surface area (Å²) >= 11 is 0. The lowest BCUT2D eigenvalue weighted by atomic mass is 10.1. The van der Waals surface area contributed by atoms with E-state index in [-0.39, 0.29) is 25.0 Å². The molecule has 1 aliphatic rings. The second-order valence-electron chi connectivity index (χ2n) is 5.60. The molecule has 1 unspecified atom stereocenters. The molecule has 8 nitrogen and oxygen atoms in total. The normalized spacial score (nSPS) is 18.1. The summed E-state index contributed by atoms with van der Waals surface area (Å²) in [4.78, 5) is 24.4. The molecular weight excluding hydrogens is 286 g/mol. The fraction of sp³-hybridized carbons (Fsp3) is 0.643. The molecule has 8 heteroatoms. The number of carboxylic acids is 1. The van der Waals surface area contributed by atoms with Gasteiger partial charge in [0.2, 0.25) is 0 Å². The molecule has 3 N–H and O–H groups in total. The summed E-state index contributed by atoms with van der Waals surface area (Å²) in [6.07, 6.45) is 1.84. The number of aliphatic carboxylic acids is 1. The van der Waals surface area contributed by atoms with Gasteiger partial charge in [-0.1, -0.05) is 0 Å². The minimum Gasteiger partial charge on any atom is -0.481 e. The number of carbonyl (C=O) groups is 2. The number of carboxylic acid groups (broad SMARTS) is 1. The lowest BCUT2D eigenvalue weighted by Crippen LogP contribution is -2.51. The van der Waals surface area contributed by atoms with Gasteiger partial charge in [-0.2, -0.15) is 5.10 Å². The van der Waals surface area contributed by atoms with Gasteiger partial charge >= 0.3 is 12.0 Å². The maximum atomic E-state index is 11.8. The van der Waals surface area contributed by atoms with E-state index in [1.54, 1.807) is 0 Å². The van der Waals surface area contributed by atoms with Gasteiger partial charge in [0.05, 0.1) is 12.1 Å². The van der Waals surface area contributed by atoms with Crippen LogP contribution in [0.5, 0.6) is 0 Å². The van der Waals surface area contributed by atoms with Crippen LogP contribution in [0.4, 0.5) is 10.6 Å². The summed E-state index contributed by atoms with van der Waals surface area (Å²) in [6.45, 7) is 3.76. The molecule has 122 valence electrons. The van der Waals surface area contributed by atoms with Gasteiger partial charge < -0.3 is 20.6 Å². The molecule has 1 saturated heterocycles. The van der Waals surface area contributed by atoms with Crippen molar-refractivity contribution in [2.45, 2.75) is 32.2 Å². The smallest absolute Gasteiger partial charge is 0.315 e. The van der Waals surface area contributed by atoms with Gasteiger partial charge in [-0.3, -0.25) is 9.48 Å². The Kier molecular flexibility index (Phi) is 5.24. The molecule has 0 aliphatic carbocycles. The highest BCUT2D eigenvalue weighted by atomic mass is 16.4. The minimum absolute atomic E-state index is 0.0498. The van der Waals surface area contributed by atoms with Gasteiger partial charge in [0.25, 0.3) is 0 Å². The van der Waals surface area contributed by atoms with Gasteiger partial charge in [0.1, 0.15) is 5.82 Å². The molecule has 2 heterocycles. The lowest BCUT2D eigenvalue weighted by Gasteiger charge is -2.34. The Hall–Kier alpha value is -2.25. The Labute approximate surface area is 129 Å². The van der Waals surface area contributed by atoms with E-state index < -0.39 is 5.97 Å². The number of aromatic nitrogens is 2. The van der Waals surface area contributed by atoms with Crippen molar-refractivity contribution in [3.63, 3.8) is 0 Å². The summed E-state index contributed by atoms with van der Waals surface area (Å²) in [5.74, 6) is 0.131. The van der Waals surface area contributed by atoms with Crippen molar-refractivity contribution in [1.82, 2.24) is 20.4 Å². The van der Waals surface area contributed by atoms with Crippen molar-refractivity contribution in [3.8, 4) is 0 Å². The van der Waals surface area contributed by atoms with Crippen LogP contribution in [-0.2, 0) is 11.8 Å². The maximum Gasteiger partial charge on any atom is 0.315 e. The van der Waals surface area contributed by atoms with Crippen LogP contribution in [0.15, 0.2) is 6.07 Å². The van der Waals surface area contributed by atoms with E-state index in [2.05, 4.69) is 20.6 Å². The fourth-order valence-electron chi connectivity index (χ4n) is 2.72. The number of nitrogens with zero attached hydrogens (tertiary/aromatic N) is 3. The molecule has 2 amide bonds. The van der Waals surface area contributed by atoms with Crippen LogP contribution in [0, 0.1) is 6.92 Å². The number of carbonyl (C=O) groups excluding carboxylic acids is 1. The zero-order valence-electron chi connectivity index (χ0n) is 13.0. The number of rotatable bonds is 5. The SMILES string of the molecule is Cc1cc(N2CCCC(NC(=O)NCCC(=O)O)C2)n(C)n1. The molecule has 0 aromatic carbocycles. The largest absolute Gasteiger partial charge is 0.481 e. The molecule has 0 saturated carbocycles. The first-order valence-electron chi connectivity index (χ1n) is 7.47. The number of hydrogen-bond acceptors (Lipinski definition) is 4. The van der Waals surface area contributed by atoms with Crippen LogP contribution in [0.2, 0.25) is 0 Å². The summed E-state index contributed by atoms with van der Waals surface area (Å²) < 4.78 is 1.85. The van der Waals surface area contributed by atoms with Crippen molar-refractivity contribution >= 4 is 17.8 Å². The predicted molar refractivity (Wildman–Crippen MR) is 82.0 cm³/mol. The second-order valence-corrected chi connectivity index (χ2v) is 5.60. The Bertz CT molecular complexity index is 543. The molecular formula is C14H23N5O3. The topological polar surface area (TPSA) is 99.5 Å². The van der Waals surface area contributed by atoms with E-state index in [0.717, 1.165) is 37.4 Å². The molecule has 1 aromatic heterocycles. The average molecular weight is 309 g/mol. The summed E-state index contributed by atoms with van der Waals surface area (Å²) in [6, 6.07) is 1.78. The summed E-state index contributed by atoms with van der Waals surface area (Å²) in [5, 5.41) is 18.4. The number of hydrogen-bond donors (Lipinski definition) is 3. The Balaban J connectivity index is 1.84. The molecule has 1 aromatic rings. The highest BCUT2D eigenvalue weighted by molar-refractivity contribution is 5.75. The quantitative estimate of drug-likeness (QED) is 0.734. The number of aryl methyl sites for hydroxylation is 2. The molecule has 2 rings (SSSR count). The van der Waals surface area contributed by atoms with Crippen molar-refractivity contribution < 1.29 is 14.7 Å².